The summed E-state index contributed by atoms with van der Waals surface area (Å²) in [6.07, 6.45) is 1.86. The molecule has 27 heavy (non-hydrogen) atoms. The van der Waals surface area contributed by atoms with Gasteiger partial charge in [0.1, 0.15) is 17.7 Å². The van der Waals surface area contributed by atoms with E-state index in [1.54, 1.807) is 23.5 Å². The number of halogens is 2. The van der Waals surface area contributed by atoms with Crippen LogP contribution >= 0.6 is 35.3 Å². The number of hydrogen-bond acceptors (Lipinski definition) is 4. The summed E-state index contributed by atoms with van der Waals surface area (Å²) in [4.78, 5) is 9.03. The van der Waals surface area contributed by atoms with Gasteiger partial charge in [0, 0.05) is 30.6 Å². The molecule has 1 heterocycles. The molecular formula is C19H28FIN4OS. The maximum atomic E-state index is 12.9. The van der Waals surface area contributed by atoms with Crippen molar-refractivity contribution < 1.29 is 9.13 Å². The number of guanidine groups is 1. The highest BCUT2D eigenvalue weighted by atomic mass is 127. The molecule has 0 saturated carbocycles. The Hall–Kier alpha value is -1.42. The van der Waals surface area contributed by atoms with Crippen LogP contribution in [0, 0.1) is 12.7 Å². The summed E-state index contributed by atoms with van der Waals surface area (Å²) in [5, 5.41) is 9.82. The Morgan fingerprint density at radius 1 is 1.30 bits per heavy atom. The van der Waals surface area contributed by atoms with Crippen LogP contribution in [0.1, 0.15) is 31.0 Å². The number of aromatic nitrogens is 1. The van der Waals surface area contributed by atoms with Crippen molar-refractivity contribution in [3.8, 4) is 5.75 Å². The van der Waals surface area contributed by atoms with Crippen LogP contribution in [0.2, 0.25) is 0 Å². The van der Waals surface area contributed by atoms with E-state index in [-0.39, 0.29) is 35.9 Å². The molecule has 0 aliphatic rings. The predicted octanol–water partition coefficient (Wildman–Crippen LogP) is 4.16. The molecule has 2 rings (SSSR count). The number of benzene rings is 1. The van der Waals surface area contributed by atoms with E-state index in [2.05, 4.69) is 26.0 Å². The van der Waals surface area contributed by atoms with Gasteiger partial charge < -0.3 is 15.4 Å². The van der Waals surface area contributed by atoms with Gasteiger partial charge in [0.15, 0.2) is 5.96 Å². The lowest BCUT2D eigenvalue weighted by molar-refractivity contribution is 0.230. The normalized spacial score (nSPS) is 12.2. The van der Waals surface area contributed by atoms with Crippen LogP contribution in [0.5, 0.6) is 5.75 Å². The zero-order valence-corrected chi connectivity index (χ0v) is 19.1. The fourth-order valence-electron chi connectivity index (χ4n) is 2.31. The average Bonchev–Trinajstić information content (AvgIpc) is 3.03. The predicted molar refractivity (Wildman–Crippen MR) is 121 cm³/mol. The second-order valence-corrected chi connectivity index (χ2v) is 6.96. The molecule has 2 N–H and O–H groups in total. The van der Waals surface area contributed by atoms with Crippen LogP contribution in [0.25, 0.3) is 0 Å². The summed E-state index contributed by atoms with van der Waals surface area (Å²) >= 11 is 1.71. The molecule has 1 unspecified atom stereocenters. The summed E-state index contributed by atoms with van der Waals surface area (Å²) in [5.74, 6) is 1.15. The zero-order valence-electron chi connectivity index (χ0n) is 16.0. The highest BCUT2D eigenvalue weighted by Crippen LogP contribution is 2.13. The topological polar surface area (TPSA) is 58.5 Å². The van der Waals surface area contributed by atoms with Gasteiger partial charge in [-0.2, -0.15) is 0 Å². The van der Waals surface area contributed by atoms with E-state index in [0.29, 0.717) is 12.3 Å². The molecule has 5 nitrogen and oxygen atoms in total. The van der Waals surface area contributed by atoms with Gasteiger partial charge in [-0.25, -0.2) is 14.4 Å². The first-order chi connectivity index (χ1) is 12.6. The number of aliphatic imine (C=N–C) groups is 1. The van der Waals surface area contributed by atoms with Crippen molar-refractivity contribution in [3.05, 3.63) is 46.2 Å². The average molecular weight is 506 g/mol. The fraction of sp³-hybridized carbons (Fsp3) is 0.474. The van der Waals surface area contributed by atoms with Crippen molar-refractivity contribution in [1.29, 1.82) is 0 Å². The van der Waals surface area contributed by atoms with E-state index in [4.69, 9.17) is 4.74 Å². The maximum absolute atomic E-state index is 12.9. The highest BCUT2D eigenvalue weighted by Gasteiger charge is 2.05. The Labute approximate surface area is 181 Å². The second-order valence-electron chi connectivity index (χ2n) is 6.01. The van der Waals surface area contributed by atoms with Gasteiger partial charge in [-0.15, -0.1) is 35.3 Å². The van der Waals surface area contributed by atoms with E-state index in [1.807, 2.05) is 20.8 Å². The summed E-state index contributed by atoms with van der Waals surface area (Å²) in [7, 11) is 0. The SMILES string of the molecule is CCNC(=NCC(C)Oc1ccc(F)cc1)NCCCc1nc(C)cs1.I. The lowest BCUT2D eigenvalue weighted by Crippen LogP contribution is -2.38. The summed E-state index contributed by atoms with van der Waals surface area (Å²) in [6.45, 7) is 8.14. The smallest absolute Gasteiger partial charge is 0.191 e. The molecule has 0 spiro atoms. The van der Waals surface area contributed by atoms with Crippen LogP contribution in [0.3, 0.4) is 0 Å². The van der Waals surface area contributed by atoms with Gasteiger partial charge in [-0.3, -0.25) is 0 Å². The number of rotatable bonds is 9. The van der Waals surface area contributed by atoms with Crippen LogP contribution in [-0.2, 0) is 6.42 Å². The lowest BCUT2D eigenvalue weighted by Gasteiger charge is -2.15. The minimum Gasteiger partial charge on any atom is -0.489 e. The van der Waals surface area contributed by atoms with E-state index in [1.165, 1.54) is 17.1 Å². The molecule has 0 fully saturated rings. The largest absolute Gasteiger partial charge is 0.489 e. The first-order valence-electron chi connectivity index (χ1n) is 8.92. The number of ether oxygens (including phenoxy) is 1. The third-order valence-corrected chi connectivity index (χ3v) is 4.55. The number of hydrogen-bond donors (Lipinski definition) is 2. The molecule has 0 amide bonds. The van der Waals surface area contributed by atoms with Crippen LogP contribution in [0.4, 0.5) is 4.39 Å². The lowest BCUT2D eigenvalue weighted by atomic mass is 10.3. The number of aryl methyl sites for hydroxylation is 2. The summed E-state index contributed by atoms with van der Waals surface area (Å²) < 4.78 is 18.7. The first-order valence-corrected chi connectivity index (χ1v) is 9.80. The number of thiazole rings is 1. The first kappa shape index (κ1) is 23.6. The second kappa shape index (κ2) is 12.9. The van der Waals surface area contributed by atoms with Crippen LogP contribution in [0.15, 0.2) is 34.6 Å². The van der Waals surface area contributed by atoms with Crippen molar-refractivity contribution in [2.75, 3.05) is 19.6 Å². The van der Waals surface area contributed by atoms with E-state index in [9.17, 15) is 4.39 Å². The van der Waals surface area contributed by atoms with Gasteiger partial charge in [-0.05, 0) is 51.5 Å². The van der Waals surface area contributed by atoms with Crippen molar-refractivity contribution >= 4 is 41.3 Å². The molecule has 0 bridgehead atoms. The molecule has 1 aromatic carbocycles. The maximum Gasteiger partial charge on any atom is 0.191 e. The van der Waals surface area contributed by atoms with Crippen LogP contribution in [-0.4, -0.2) is 36.7 Å². The molecule has 150 valence electrons. The van der Waals surface area contributed by atoms with Crippen molar-refractivity contribution in [3.63, 3.8) is 0 Å². The summed E-state index contributed by atoms with van der Waals surface area (Å²) in [6, 6.07) is 6.03. The minimum atomic E-state index is -0.269. The molecule has 0 saturated heterocycles. The quantitative estimate of drug-likeness (QED) is 0.232. The summed E-state index contributed by atoms with van der Waals surface area (Å²) in [5.41, 5.74) is 1.09. The molecule has 8 heteroatoms. The Morgan fingerprint density at radius 2 is 2.04 bits per heavy atom. The van der Waals surface area contributed by atoms with E-state index < -0.39 is 0 Å². The third kappa shape index (κ3) is 9.37. The number of nitrogens with one attached hydrogen (secondary N) is 2. The fourth-order valence-corrected chi connectivity index (χ4v) is 3.13. The third-order valence-electron chi connectivity index (χ3n) is 3.53. The molecule has 1 aromatic heterocycles. The molecule has 1 atom stereocenters. The standard InChI is InChI=1S/C19H27FN4OS.HI/c1-4-21-19(22-11-5-6-18-24-14(2)13-26-18)23-12-15(3)25-17-9-7-16(20)8-10-17;/h7-10,13,15H,4-6,11-12H2,1-3H3,(H2,21,22,23);1H. The molecule has 2 aromatic rings. The monoisotopic (exact) mass is 506 g/mol. The van der Waals surface area contributed by atoms with Gasteiger partial charge >= 0.3 is 0 Å². The Bertz CT molecular complexity index is 693. The van der Waals surface area contributed by atoms with E-state index in [0.717, 1.165) is 37.6 Å². The molecule has 0 aliphatic heterocycles. The Balaban J connectivity index is 0.00000364. The van der Waals surface area contributed by atoms with Crippen molar-refractivity contribution in [2.24, 2.45) is 4.99 Å². The van der Waals surface area contributed by atoms with Gasteiger partial charge in [0.05, 0.1) is 11.6 Å². The van der Waals surface area contributed by atoms with Gasteiger partial charge in [0.2, 0.25) is 0 Å². The highest BCUT2D eigenvalue weighted by molar-refractivity contribution is 14.0. The van der Waals surface area contributed by atoms with Crippen molar-refractivity contribution in [1.82, 2.24) is 15.6 Å². The molecule has 0 radical (unpaired) electrons. The minimum absolute atomic E-state index is 0. The van der Waals surface area contributed by atoms with Gasteiger partial charge in [0.25, 0.3) is 0 Å². The number of nitrogens with zero attached hydrogens (tertiary/aromatic N) is 2. The molecular weight excluding hydrogens is 478 g/mol. The Kier molecular flexibility index (Phi) is 11.3. The van der Waals surface area contributed by atoms with Gasteiger partial charge in [-0.1, -0.05) is 0 Å². The van der Waals surface area contributed by atoms with Crippen molar-refractivity contribution in [2.45, 2.75) is 39.7 Å². The Morgan fingerprint density at radius 3 is 2.67 bits per heavy atom. The molecule has 0 aliphatic carbocycles. The van der Waals surface area contributed by atoms with E-state index >= 15 is 0 Å². The van der Waals surface area contributed by atoms with Crippen LogP contribution < -0.4 is 15.4 Å². The zero-order chi connectivity index (χ0) is 18.8.